The molecule has 1 heterocycles. The SMILES string of the molecule is Fc1ccc(-c2nc3c(Cl)cccc3[nH]2)cc1Cl. The fourth-order valence-corrected chi connectivity index (χ4v) is 2.17. The van der Waals surface area contributed by atoms with Gasteiger partial charge >= 0.3 is 0 Å². The molecule has 0 spiro atoms. The van der Waals surface area contributed by atoms with Crippen molar-refractivity contribution in [2.75, 3.05) is 0 Å². The van der Waals surface area contributed by atoms with Crippen LogP contribution < -0.4 is 0 Å². The summed E-state index contributed by atoms with van der Waals surface area (Å²) in [4.78, 5) is 7.51. The lowest BCUT2D eigenvalue weighted by molar-refractivity contribution is 0.628. The fourth-order valence-electron chi connectivity index (χ4n) is 1.78. The maximum Gasteiger partial charge on any atom is 0.141 e. The summed E-state index contributed by atoms with van der Waals surface area (Å²) in [5.74, 6) is 0.162. The molecule has 0 aliphatic heterocycles. The van der Waals surface area contributed by atoms with Crippen LogP contribution in [-0.2, 0) is 0 Å². The third-order valence-corrected chi connectivity index (χ3v) is 3.25. The van der Waals surface area contributed by atoms with Gasteiger partial charge in [0.15, 0.2) is 0 Å². The number of hydrogen-bond acceptors (Lipinski definition) is 1. The molecule has 3 aromatic rings. The molecule has 5 heteroatoms. The van der Waals surface area contributed by atoms with Crippen molar-refractivity contribution >= 4 is 34.2 Å². The van der Waals surface area contributed by atoms with Gasteiger partial charge in [-0.1, -0.05) is 29.3 Å². The van der Waals surface area contributed by atoms with E-state index in [9.17, 15) is 4.39 Å². The summed E-state index contributed by atoms with van der Waals surface area (Å²) in [5, 5.41) is 0.641. The highest BCUT2D eigenvalue weighted by Crippen LogP contribution is 2.27. The minimum atomic E-state index is -0.449. The van der Waals surface area contributed by atoms with Crippen LogP contribution in [0.25, 0.3) is 22.4 Å². The number of H-pyrrole nitrogens is 1. The number of nitrogens with one attached hydrogen (secondary N) is 1. The van der Waals surface area contributed by atoms with Gasteiger partial charge in [-0.3, -0.25) is 0 Å². The highest BCUT2D eigenvalue weighted by Gasteiger charge is 2.09. The number of benzene rings is 2. The molecule has 0 saturated carbocycles. The quantitative estimate of drug-likeness (QED) is 0.689. The van der Waals surface area contributed by atoms with Crippen LogP contribution in [0.3, 0.4) is 0 Å². The third-order valence-electron chi connectivity index (χ3n) is 2.66. The molecule has 2 nitrogen and oxygen atoms in total. The van der Waals surface area contributed by atoms with E-state index in [2.05, 4.69) is 9.97 Å². The smallest absolute Gasteiger partial charge is 0.141 e. The summed E-state index contributed by atoms with van der Waals surface area (Å²) in [6, 6.07) is 9.95. The van der Waals surface area contributed by atoms with E-state index in [0.29, 0.717) is 21.9 Å². The minimum Gasteiger partial charge on any atom is -0.338 e. The molecule has 0 radical (unpaired) electrons. The molecule has 0 aliphatic rings. The van der Waals surface area contributed by atoms with Crippen molar-refractivity contribution in [2.24, 2.45) is 0 Å². The molecular weight excluding hydrogens is 274 g/mol. The van der Waals surface area contributed by atoms with Gasteiger partial charge in [0.25, 0.3) is 0 Å². The number of hydrogen-bond donors (Lipinski definition) is 1. The van der Waals surface area contributed by atoms with Crippen LogP contribution in [0, 0.1) is 5.82 Å². The van der Waals surface area contributed by atoms with Gasteiger partial charge in [-0.25, -0.2) is 9.37 Å². The first-order valence-electron chi connectivity index (χ1n) is 5.25. The molecule has 0 aliphatic carbocycles. The molecule has 1 aromatic heterocycles. The van der Waals surface area contributed by atoms with E-state index in [1.165, 1.54) is 12.1 Å². The van der Waals surface area contributed by atoms with Crippen molar-refractivity contribution in [3.63, 3.8) is 0 Å². The van der Waals surface area contributed by atoms with Crippen molar-refractivity contribution in [3.8, 4) is 11.4 Å². The van der Waals surface area contributed by atoms with E-state index in [1.54, 1.807) is 12.1 Å². The van der Waals surface area contributed by atoms with Crippen molar-refractivity contribution < 1.29 is 4.39 Å². The predicted molar refractivity (Wildman–Crippen MR) is 71.5 cm³/mol. The van der Waals surface area contributed by atoms with Crippen LogP contribution in [-0.4, -0.2) is 9.97 Å². The van der Waals surface area contributed by atoms with Crippen molar-refractivity contribution in [1.29, 1.82) is 0 Å². The monoisotopic (exact) mass is 280 g/mol. The van der Waals surface area contributed by atoms with Gasteiger partial charge in [-0.05, 0) is 30.3 Å². The van der Waals surface area contributed by atoms with E-state index in [0.717, 1.165) is 5.52 Å². The Labute approximate surface area is 112 Å². The lowest BCUT2D eigenvalue weighted by Gasteiger charge is -1.98. The first-order chi connectivity index (χ1) is 8.65. The van der Waals surface area contributed by atoms with Gasteiger partial charge in [-0.15, -0.1) is 0 Å². The number of rotatable bonds is 1. The molecule has 0 fully saturated rings. The molecule has 0 bridgehead atoms. The molecule has 3 rings (SSSR count). The average Bonchev–Trinajstić information content (AvgIpc) is 2.78. The minimum absolute atomic E-state index is 0.0686. The number of aromatic amines is 1. The molecule has 0 atom stereocenters. The number of imidazole rings is 1. The Hall–Kier alpha value is -1.58. The Kier molecular flexibility index (Phi) is 2.73. The zero-order chi connectivity index (χ0) is 12.7. The van der Waals surface area contributed by atoms with E-state index in [4.69, 9.17) is 23.2 Å². The Bertz CT molecular complexity index is 737. The Morgan fingerprint density at radius 2 is 1.89 bits per heavy atom. The molecule has 0 unspecified atom stereocenters. The number of para-hydroxylation sites is 1. The van der Waals surface area contributed by atoms with E-state index >= 15 is 0 Å². The highest BCUT2D eigenvalue weighted by molar-refractivity contribution is 6.35. The lowest BCUT2D eigenvalue weighted by atomic mass is 10.2. The average molecular weight is 281 g/mol. The third kappa shape index (κ3) is 1.85. The molecule has 1 N–H and O–H groups in total. The van der Waals surface area contributed by atoms with Gasteiger partial charge in [0.05, 0.1) is 15.6 Å². The van der Waals surface area contributed by atoms with Gasteiger partial charge in [0, 0.05) is 5.56 Å². The second-order valence-corrected chi connectivity index (χ2v) is 4.66. The molecule has 90 valence electrons. The summed E-state index contributed by atoms with van der Waals surface area (Å²) < 4.78 is 13.1. The van der Waals surface area contributed by atoms with Crippen LogP contribution in [0.1, 0.15) is 0 Å². The standard InChI is InChI=1S/C13H7Cl2FN2/c14-8-2-1-3-11-12(8)18-13(17-11)7-4-5-10(16)9(15)6-7/h1-6H,(H,17,18). The second-order valence-electron chi connectivity index (χ2n) is 3.85. The maximum absolute atomic E-state index is 13.1. The van der Waals surface area contributed by atoms with Gasteiger partial charge < -0.3 is 4.98 Å². The van der Waals surface area contributed by atoms with Crippen LogP contribution >= 0.6 is 23.2 Å². The van der Waals surface area contributed by atoms with Crippen molar-refractivity contribution in [1.82, 2.24) is 9.97 Å². The molecule has 0 saturated heterocycles. The number of nitrogens with zero attached hydrogens (tertiary/aromatic N) is 1. The van der Waals surface area contributed by atoms with E-state index in [-0.39, 0.29) is 5.02 Å². The summed E-state index contributed by atoms with van der Waals surface area (Å²) in [6.07, 6.45) is 0. The summed E-state index contributed by atoms with van der Waals surface area (Å²) in [7, 11) is 0. The maximum atomic E-state index is 13.1. The zero-order valence-electron chi connectivity index (χ0n) is 9.05. The van der Waals surface area contributed by atoms with Crippen LogP contribution in [0.4, 0.5) is 4.39 Å². The normalized spacial score (nSPS) is 11.1. The number of fused-ring (bicyclic) bond motifs is 1. The van der Waals surface area contributed by atoms with Crippen molar-refractivity contribution in [3.05, 3.63) is 52.3 Å². The van der Waals surface area contributed by atoms with Crippen LogP contribution in [0.2, 0.25) is 10.0 Å². The van der Waals surface area contributed by atoms with Gasteiger partial charge in [-0.2, -0.15) is 0 Å². The number of halogens is 3. The lowest BCUT2D eigenvalue weighted by Crippen LogP contribution is -1.82. The first kappa shape index (κ1) is 11.5. The Balaban J connectivity index is 2.19. The van der Waals surface area contributed by atoms with Gasteiger partial charge in [0.2, 0.25) is 0 Å². The van der Waals surface area contributed by atoms with E-state index in [1.807, 2.05) is 12.1 Å². The van der Waals surface area contributed by atoms with E-state index < -0.39 is 5.82 Å². The summed E-state index contributed by atoms with van der Waals surface area (Å²) >= 11 is 11.8. The van der Waals surface area contributed by atoms with Gasteiger partial charge in [0.1, 0.15) is 17.2 Å². The topological polar surface area (TPSA) is 28.7 Å². The largest absolute Gasteiger partial charge is 0.338 e. The molecule has 0 amide bonds. The molecular formula is C13H7Cl2FN2. The zero-order valence-corrected chi connectivity index (χ0v) is 10.6. The molecule has 18 heavy (non-hydrogen) atoms. The predicted octanol–water partition coefficient (Wildman–Crippen LogP) is 4.68. The number of aromatic nitrogens is 2. The Morgan fingerprint density at radius 3 is 2.61 bits per heavy atom. The van der Waals surface area contributed by atoms with Crippen molar-refractivity contribution in [2.45, 2.75) is 0 Å². The fraction of sp³-hybridized carbons (Fsp3) is 0. The first-order valence-corrected chi connectivity index (χ1v) is 6.00. The highest BCUT2D eigenvalue weighted by atomic mass is 35.5. The summed E-state index contributed by atoms with van der Waals surface area (Å²) in [5.41, 5.74) is 2.24. The Morgan fingerprint density at radius 1 is 1.06 bits per heavy atom. The van der Waals surface area contributed by atoms with Crippen LogP contribution in [0.15, 0.2) is 36.4 Å². The summed E-state index contributed by atoms with van der Waals surface area (Å²) in [6.45, 7) is 0. The second kappa shape index (κ2) is 4.26. The molecule has 2 aromatic carbocycles. The van der Waals surface area contributed by atoms with Crippen LogP contribution in [0.5, 0.6) is 0 Å².